The van der Waals surface area contributed by atoms with E-state index in [2.05, 4.69) is 5.32 Å². The first kappa shape index (κ1) is 13.8. The highest BCUT2D eigenvalue weighted by molar-refractivity contribution is 5.82. The molecule has 0 saturated carbocycles. The SMILES string of the molecule is O=C(C1CCCCCCN1)N1CCC(CO)CC1. The summed E-state index contributed by atoms with van der Waals surface area (Å²) in [6.45, 7) is 2.89. The summed E-state index contributed by atoms with van der Waals surface area (Å²) in [4.78, 5) is 14.4. The molecule has 2 N–H and O–H groups in total. The maximum absolute atomic E-state index is 12.4. The minimum absolute atomic E-state index is 0.0379. The number of carbonyl (C=O) groups excluding carboxylic acids is 1. The number of aliphatic hydroxyl groups excluding tert-OH is 1. The van der Waals surface area contributed by atoms with E-state index < -0.39 is 0 Å². The first-order valence-electron chi connectivity index (χ1n) is 7.44. The second-order valence-electron chi connectivity index (χ2n) is 5.66. The number of rotatable bonds is 2. The van der Waals surface area contributed by atoms with Crippen molar-refractivity contribution in [1.29, 1.82) is 0 Å². The van der Waals surface area contributed by atoms with Crippen LogP contribution in [0.3, 0.4) is 0 Å². The van der Waals surface area contributed by atoms with Crippen molar-refractivity contribution in [1.82, 2.24) is 10.2 Å². The van der Waals surface area contributed by atoms with E-state index in [1.165, 1.54) is 19.3 Å². The predicted octanol–water partition coefficient (Wildman–Crippen LogP) is 1.14. The third-order valence-corrected chi connectivity index (χ3v) is 4.29. The Labute approximate surface area is 110 Å². The van der Waals surface area contributed by atoms with Crippen LogP contribution < -0.4 is 5.32 Å². The second kappa shape index (κ2) is 7.10. The zero-order valence-electron chi connectivity index (χ0n) is 11.2. The van der Waals surface area contributed by atoms with Crippen molar-refractivity contribution in [2.45, 2.75) is 51.0 Å². The number of hydrogen-bond acceptors (Lipinski definition) is 3. The van der Waals surface area contributed by atoms with E-state index in [1.54, 1.807) is 0 Å². The van der Waals surface area contributed by atoms with E-state index in [0.29, 0.717) is 5.92 Å². The van der Waals surface area contributed by atoms with Crippen LogP contribution in [0.5, 0.6) is 0 Å². The Bertz CT molecular complexity index is 255. The number of likely N-dealkylation sites (tertiary alicyclic amines) is 1. The molecule has 0 radical (unpaired) electrons. The average Bonchev–Trinajstić information content (AvgIpc) is 2.38. The van der Waals surface area contributed by atoms with Crippen molar-refractivity contribution in [3.63, 3.8) is 0 Å². The van der Waals surface area contributed by atoms with Crippen LogP contribution in [0.25, 0.3) is 0 Å². The molecular formula is C14H26N2O2. The van der Waals surface area contributed by atoms with E-state index in [-0.39, 0.29) is 18.6 Å². The summed E-state index contributed by atoms with van der Waals surface area (Å²) in [6.07, 6.45) is 7.80. The van der Waals surface area contributed by atoms with Crippen molar-refractivity contribution < 1.29 is 9.90 Å². The van der Waals surface area contributed by atoms with Gasteiger partial charge in [-0.05, 0) is 38.1 Å². The van der Waals surface area contributed by atoms with Crippen LogP contribution in [0.1, 0.15) is 44.9 Å². The lowest BCUT2D eigenvalue weighted by molar-refractivity contribution is -0.135. The molecule has 18 heavy (non-hydrogen) atoms. The van der Waals surface area contributed by atoms with E-state index >= 15 is 0 Å². The Morgan fingerprint density at radius 1 is 1.11 bits per heavy atom. The zero-order valence-corrected chi connectivity index (χ0v) is 11.2. The third-order valence-electron chi connectivity index (χ3n) is 4.29. The van der Waals surface area contributed by atoms with Gasteiger partial charge in [-0.1, -0.05) is 19.3 Å². The maximum Gasteiger partial charge on any atom is 0.239 e. The Morgan fingerprint density at radius 2 is 1.83 bits per heavy atom. The van der Waals surface area contributed by atoms with Crippen molar-refractivity contribution in [3.05, 3.63) is 0 Å². The van der Waals surface area contributed by atoms with Crippen LogP contribution in [0, 0.1) is 5.92 Å². The lowest BCUT2D eigenvalue weighted by Gasteiger charge is -2.34. The third kappa shape index (κ3) is 3.69. The number of hydrogen-bond donors (Lipinski definition) is 2. The number of nitrogens with one attached hydrogen (secondary N) is 1. The topological polar surface area (TPSA) is 52.6 Å². The molecule has 2 saturated heterocycles. The monoisotopic (exact) mass is 254 g/mol. The summed E-state index contributed by atoms with van der Waals surface area (Å²) in [6, 6.07) is 0.0379. The number of nitrogens with zero attached hydrogens (tertiary/aromatic N) is 1. The molecule has 2 rings (SSSR count). The van der Waals surface area contributed by atoms with Crippen LogP contribution in [0.15, 0.2) is 0 Å². The highest BCUT2D eigenvalue weighted by Gasteiger charge is 2.27. The fraction of sp³-hybridized carbons (Fsp3) is 0.929. The fourth-order valence-corrected chi connectivity index (χ4v) is 2.97. The molecule has 0 aromatic heterocycles. The van der Waals surface area contributed by atoms with Gasteiger partial charge in [0.25, 0.3) is 0 Å². The van der Waals surface area contributed by atoms with E-state index in [1.807, 2.05) is 4.90 Å². The summed E-state index contributed by atoms with van der Waals surface area (Å²) >= 11 is 0. The fourth-order valence-electron chi connectivity index (χ4n) is 2.97. The van der Waals surface area contributed by atoms with Gasteiger partial charge in [0.15, 0.2) is 0 Å². The Hall–Kier alpha value is -0.610. The molecule has 2 fully saturated rings. The second-order valence-corrected chi connectivity index (χ2v) is 5.66. The normalized spacial score (nSPS) is 27.6. The quantitative estimate of drug-likeness (QED) is 0.777. The molecule has 2 aliphatic rings. The Balaban J connectivity index is 1.82. The minimum atomic E-state index is 0.0379. The number of carbonyl (C=O) groups is 1. The van der Waals surface area contributed by atoms with Crippen molar-refractivity contribution in [3.8, 4) is 0 Å². The molecule has 2 aliphatic heterocycles. The van der Waals surface area contributed by atoms with Gasteiger partial charge in [0.1, 0.15) is 0 Å². The van der Waals surface area contributed by atoms with Crippen molar-refractivity contribution in [2.75, 3.05) is 26.2 Å². The summed E-state index contributed by atoms with van der Waals surface area (Å²) < 4.78 is 0. The first-order chi connectivity index (χ1) is 8.81. The lowest BCUT2D eigenvalue weighted by Crippen LogP contribution is -2.49. The van der Waals surface area contributed by atoms with Gasteiger partial charge in [-0.3, -0.25) is 4.79 Å². The van der Waals surface area contributed by atoms with Gasteiger partial charge in [0.05, 0.1) is 6.04 Å². The summed E-state index contributed by atoms with van der Waals surface area (Å²) in [5.74, 6) is 0.688. The van der Waals surface area contributed by atoms with Crippen LogP contribution >= 0.6 is 0 Å². The molecule has 0 aromatic carbocycles. The smallest absolute Gasteiger partial charge is 0.239 e. The molecule has 0 bridgehead atoms. The molecule has 0 spiro atoms. The van der Waals surface area contributed by atoms with Gasteiger partial charge in [0, 0.05) is 19.7 Å². The van der Waals surface area contributed by atoms with Gasteiger partial charge in [0.2, 0.25) is 5.91 Å². The summed E-state index contributed by atoms with van der Waals surface area (Å²) in [7, 11) is 0. The molecule has 2 heterocycles. The van der Waals surface area contributed by atoms with Crippen LogP contribution in [-0.2, 0) is 4.79 Å². The average molecular weight is 254 g/mol. The molecule has 1 amide bonds. The molecule has 1 atom stereocenters. The Morgan fingerprint density at radius 3 is 2.56 bits per heavy atom. The molecule has 0 aromatic rings. The molecular weight excluding hydrogens is 228 g/mol. The molecule has 1 unspecified atom stereocenters. The van der Waals surface area contributed by atoms with Gasteiger partial charge in [-0.25, -0.2) is 0 Å². The van der Waals surface area contributed by atoms with Crippen LogP contribution in [0.2, 0.25) is 0 Å². The molecule has 4 nitrogen and oxygen atoms in total. The highest BCUT2D eigenvalue weighted by Crippen LogP contribution is 2.18. The van der Waals surface area contributed by atoms with Gasteiger partial charge in [-0.15, -0.1) is 0 Å². The number of amides is 1. The lowest BCUT2D eigenvalue weighted by atomic mass is 9.96. The van der Waals surface area contributed by atoms with Crippen LogP contribution in [0.4, 0.5) is 0 Å². The molecule has 4 heteroatoms. The largest absolute Gasteiger partial charge is 0.396 e. The predicted molar refractivity (Wildman–Crippen MR) is 71.3 cm³/mol. The maximum atomic E-state index is 12.4. The molecule has 0 aliphatic carbocycles. The van der Waals surface area contributed by atoms with Crippen molar-refractivity contribution >= 4 is 5.91 Å². The van der Waals surface area contributed by atoms with E-state index in [9.17, 15) is 4.79 Å². The number of piperidine rings is 1. The van der Waals surface area contributed by atoms with Crippen molar-refractivity contribution in [2.24, 2.45) is 5.92 Å². The van der Waals surface area contributed by atoms with Gasteiger partial charge >= 0.3 is 0 Å². The zero-order chi connectivity index (χ0) is 12.8. The number of aliphatic hydroxyl groups is 1. The summed E-state index contributed by atoms with van der Waals surface area (Å²) in [5, 5.41) is 12.5. The Kier molecular flexibility index (Phi) is 5.45. The van der Waals surface area contributed by atoms with Gasteiger partial charge < -0.3 is 15.3 Å². The van der Waals surface area contributed by atoms with E-state index in [4.69, 9.17) is 5.11 Å². The molecule has 104 valence electrons. The summed E-state index contributed by atoms with van der Waals surface area (Å²) in [5.41, 5.74) is 0. The van der Waals surface area contributed by atoms with Gasteiger partial charge in [-0.2, -0.15) is 0 Å². The standard InChI is InChI=1S/C14H26N2O2/c17-11-12-6-9-16(10-7-12)14(18)13-5-3-1-2-4-8-15-13/h12-13,15,17H,1-11H2. The minimum Gasteiger partial charge on any atom is -0.396 e. The van der Waals surface area contributed by atoms with E-state index in [0.717, 1.165) is 45.3 Å². The van der Waals surface area contributed by atoms with Crippen LogP contribution in [-0.4, -0.2) is 48.2 Å². The first-order valence-corrected chi connectivity index (χ1v) is 7.44. The highest BCUT2D eigenvalue weighted by atomic mass is 16.3.